The second-order valence-corrected chi connectivity index (χ2v) is 7.59. The van der Waals surface area contributed by atoms with Crippen molar-refractivity contribution >= 4 is 12.1 Å². The van der Waals surface area contributed by atoms with E-state index in [2.05, 4.69) is 29.6 Å². The number of benzene rings is 2. The summed E-state index contributed by atoms with van der Waals surface area (Å²) < 4.78 is 5.51. The molecule has 0 bridgehead atoms. The van der Waals surface area contributed by atoms with Gasteiger partial charge in [-0.25, -0.2) is 9.59 Å². The van der Waals surface area contributed by atoms with E-state index < -0.39 is 17.6 Å². The van der Waals surface area contributed by atoms with Gasteiger partial charge in [-0.1, -0.05) is 60.2 Å². The summed E-state index contributed by atoms with van der Waals surface area (Å²) in [5, 5.41) is 12.3. The molecule has 0 radical (unpaired) electrons. The second-order valence-electron chi connectivity index (χ2n) is 7.59. The molecule has 1 unspecified atom stereocenters. The Labute approximate surface area is 164 Å². The van der Waals surface area contributed by atoms with E-state index in [0.29, 0.717) is 12.8 Å². The standard InChI is InChI=1S/C23H23NO4/c1-15-10-12-23(13-11-15,21(25)26)24-22(27)28-14-20-18-8-4-2-6-16(18)17-7-3-5-9-19(17)20/h2-10,20H,11-14H2,1H3,(H,24,27)(H,25,26). The van der Waals surface area contributed by atoms with Crippen LogP contribution in [-0.4, -0.2) is 29.3 Å². The van der Waals surface area contributed by atoms with Crippen LogP contribution in [-0.2, 0) is 9.53 Å². The van der Waals surface area contributed by atoms with Crippen LogP contribution < -0.4 is 5.32 Å². The maximum absolute atomic E-state index is 12.5. The van der Waals surface area contributed by atoms with E-state index in [4.69, 9.17) is 4.74 Å². The molecule has 1 atom stereocenters. The third-order valence-corrected chi connectivity index (χ3v) is 5.84. The minimum absolute atomic E-state index is 0.0487. The number of fused-ring (bicyclic) bond motifs is 3. The summed E-state index contributed by atoms with van der Waals surface area (Å²) in [7, 11) is 0. The second kappa shape index (κ2) is 7.15. The van der Waals surface area contributed by atoms with Crippen LogP contribution in [0.5, 0.6) is 0 Å². The predicted octanol–water partition coefficient (Wildman–Crippen LogP) is 4.48. The Kier molecular flexibility index (Phi) is 4.67. The van der Waals surface area contributed by atoms with Crippen molar-refractivity contribution in [2.24, 2.45) is 0 Å². The fraction of sp³-hybridized carbons (Fsp3) is 0.304. The Hall–Kier alpha value is -3.08. The molecule has 0 saturated heterocycles. The number of carbonyl (C=O) groups is 2. The van der Waals surface area contributed by atoms with Crippen molar-refractivity contribution in [2.45, 2.75) is 37.6 Å². The number of carbonyl (C=O) groups excluding carboxylic acids is 1. The zero-order valence-corrected chi connectivity index (χ0v) is 15.8. The summed E-state index contributed by atoms with van der Waals surface area (Å²) in [6.45, 7) is 2.14. The van der Waals surface area contributed by atoms with Crippen molar-refractivity contribution in [3.63, 3.8) is 0 Å². The smallest absolute Gasteiger partial charge is 0.408 e. The summed E-state index contributed by atoms with van der Waals surface area (Å²) >= 11 is 0. The summed E-state index contributed by atoms with van der Waals surface area (Å²) in [6.07, 6.45) is 2.49. The highest BCUT2D eigenvalue weighted by Gasteiger charge is 2.41. The lowest BCUT2D eigenvalue weighted by molar-refractivity contribution is -0.145. The molecule has 2 aliphatic rings. The Morgan fingerprint density at radius 1 is 1.11 bits per heavy atom. The monoisotopic (exact) mass is 377 g/mol. The summed E-state index contributed by atoms with van der Waals surface area (Å²) in [5.74, 6) is -1.07. The number of aliphatic carboxylic acids is 1. The van der Waals surface area contributed by atoms with Crippen LogP contribution in [0.25, 0.3) is 11.1 Å². The van der Waals surface area contributed by atoms with E-state index >= 15 is 0 Å². The number of rotatable bonds is 4. The highest BCUT2D eigenvalue weighted by atomic mass is 16.5. The third kappa shape index (κ3) is 3.17. The van der Waals surface area contributed by atoms with Crippen LogP contribution in [0.1, 0.15) is 43.2 Å². The van der Waals surface area contributed by atoms with Gasteiger partial charge in [0.1, 0.15) is 12.1 Å². The highest BCUT2D eigenvalue weighted by molar-refractivity contribution is 5.85. The lowest BCUT2D eigenvalue weighted by Crippen LogP contribution is -2.55. The van der Waals surface area contributed by atoms with E-state index in [-0.39, 0.29) is 18.9 Å². The van der Waals surface area contributed by atoms with Crippen LogP contribution in [0.15, 0.2) is 60.2 Å². The fourth-order valence-corrected chi connectivity index (χ4v) is 4.15. The molecule has 28 heavy (non-hydrogen) atoms. The van der Waals surface area contributed by atoms with Gasteiger partial charge in [0.25, 0.3) is 0 Å². The van der Waals surface area contributed by atoms with Crippen molar-refractivity contribution in [3.05, 3.63) is 71.3 Å². The van der Waals surface area contributed by atoms with Gasteiger partial charge in [0, 0.05) is 5.92 Å². The number of hydrogen-bond acceptors (Lipinski definition) is 3. The largest absolute Gasteiger partial charge is 0.479 e. The van der Waals surface area contributed by atoms with Crippen molar-refractivity contribution < 1.29 is 19.4 Å². The topological polar surface area (TPSA) is 75.6 Å². The van der Waals surface area contributed by atoms with Crippen molar-refractivity contribution in [1.29, 1.82) is 0 Å². The minimum atomic E-state index is -1.29. The molecule has 5 heteroatoms. The van der Waals surface area contributed by atoms with Crippen LogP contribution >= 0.6 is 0 Å². The average Bonchev–Trinajstić information content (AvgIpc) is 3.02. The number of carboxylic acid groups (broad SMARTS) is 1. The molecule has 0 heterocycles. The molecular formula is C23H23NO4. The maximum Gasteiger partial charge on any atom is 0.408 e. The number of ether oxygens (including phenoxy) is 1. The van der Waals surface area contributed by atoms with E-state index in [9.17, 15) is 14.7 Å². The number of nitrogens with one attached hydrogen (secondary N) is 1. The molecule has 0 fully saturated rings. The maximum atomic E-state index is 12.5. The fourth-order valence-electron chi connectivity index (χ4n) is 4.15. The highest BCUT2D eigenvalue weighted by Crippen LogP contribution is 2.44. The Morgan fingerprint density at radius 3 is 2.25 bits per heavy atom. The zero-order valence-electron chi connectivity index (χ0n) is 15.8. The van der Waals surface area contributed by atoms with Crippen molar-refractivity contribution in [3.8, 4) is 11.1 Å². The molecular weight excluding hydrogens is 354 g/mol. The van der Waals surface area contributed by atoms with Gasteiger partial charge < -0.3 is 15.2 Å². The number of hydrogen-bond donors (Lipinski definition) is 2. The molecule has 0 spiro atoms. The molecule has 0 saturated carbocycles. The molecule has 0 aromatic heterocycles. The van der Waals surface area contributed by atoms with Crippen LogP contribution in [0.2, 0.25) is 0 Å². The molecule has 5 nitrogen and oxygen atoms in total. The number of allylic oxidation sites excluding steroid dienone is 1. The Balaban J connectivity index is 1.49. The van der Waals surface area contributed by atoms with Gasteiger partial charge in [0.2, 0.25) is 0 Å². The van der Waals surface area contributed by atoms with Crippen LogP contribution in [0, 0.1) is 0 Å². The first-order valence-corrected chi connectivity index (χ1v) is 9.52. The number of alkyl carbamates (subject to hydrolysis) is 1. The van der Waals surface area contributed by atoms with Gasteiger partial charge in [-0.15, -0.1) is 0 Å². The van der Waals surface area contributed by atoms with E-state index in [1.807, 2.05) is 37.3 Å². The molecule has 144 valence electrons. The van der Waals surface area contributed by atoms with Crippen molar-refractivity contribution in [2.75, 3.05) is 6.61 Å². The van der Waals surface area contributed by atoms with E-state index in [0.717, 1.165) is 27.8 Å². The Bertz CT molecular complexity index is 919. The van der Waals surface area contributed by atoms with Gasteiger partial charge in [-0.05, 0) is 48.4 Å². The number of carboxylic acids is 1. The van der Waals surface area contributed by atoms with Gasteiger partial charge >= 0.3 is 12.1 Å². The minimum Gasteiger partial charge on any atom is -0.479 e. The number of amides is 1. The molecule has 2 aliphatic carbocycles. The van der Waals surface area contributed by atoms with Gasteiger partial charge in [-0.2, -0.15) is 0 Å². The molecule has 2 aromatic carbocycles. The summed E-state index contributed by atoms with van der Waals surface area (Å²) in [5.41, 5.74) is 4.42. The molecule has 2 aromatic rings. The van der Waals surface area contributed by atoms with Gasteiger partial charge in [0.15, 0.2) is 0 Å². The Morgan fingerprint density at radius 2 is 1.71 bits per heavy atom. The van der Waals surface area contributed by atoms with Gasteiger partial charge in [0.05, 0.1) is 0 Å². The van der Waals surface area contributed by atoms with E-state index in [1.165, 1.54) is 0 Å². The first kappa shape index (κ1) is 18.3. The first-order valence-electron chi connectivity index (χ1n) is 9.52. The quantitative estimate of drug-likeness (QED) is 0.771. The van der Waals surface area contributed by atoms with Gasteiger partial charge in [-0.3, -0.25) is 0 Å². The SMILES string of the molecule is CC1=CCC(NC(=O)OCC2c3ccccc3-c3ccccc32)(C(=O)O)CC1. The first-order chi connectivity index (χ1) is 13.5. The summed E-state index contributed by atoms with van der Waals surface area (Å²) in [6, 6.07) is 16.2. The van der Waals surface area contributed by atoms with Crippen LogP contribution in [0.3, 0.4) is 0 Å². The van der Waals surface area contributed by atoms with Crippen molar-refractivity contribution in [1.82, 2.24) is 5.32 Å². The molecule has 1 amide bonds. The third-order valence-electron chi connectivity index (χ3n) is 5.84. The normalized spacial score (nSPS) is 20.7. The van der Waals surface area contributed by atoms with E-state index in [1.54, 1.807) is 0 Å². The zero-order chi connectivity index (χ0) is 19.7. The predicted molar refractivity (Wildman–Crippen MR) is 106 cm³/mol. The molecule has 2 N–H and O–H groups in total. The summed E-state index contributed by atoms with van der Waals surface area (Å²) in [4.78, 5) is 24.3. The molecule has 0 aliphatic heterocycles. The lowest BCUT2D eigenvalue weighted by Gasteiger charge is -2.32. The lowest BCUT2D eigenvalue weighted by atomic mass is 9.83. The average molecular weight is 377 g/mol. The van der Waals surface area contributed by atoms with Crippen LogP contribution in [0.4, 0.5) is 4.79 Å². The molecule has 4 rings (SSSR count).